The molecule has 2 saturated heterocycles. The lowest BCUT2D eigenvalue weighted by molar-refractivity contribution is 0.189. The van der Waals surface area contributed by atoms with Gasteiger partial charge in [0.25, 0.3) is 0 Å². The van der Waals surface area contributed by atoms with Crippen LogP contribution in [-0.4, -0.2) is 13.0 Å². The van der Waals surface area contributed by atoms with E-state index >= 15 is 0 Å². The average Bonchev–Trinajstić information content (AvgIpc) is 2.66. The fourth-order valence-corrected chi connectivity index (χ4v) is 3.61. The van der Waals surface area contributed by atoms with Gasteiger partial charge in [-0.3, -0.25) is 0 Å². The summed E-state index contributed by atoms with van der Waals surface area (Å²) in [6.45, 7) is 7.01. The van der Waals surface area contributed by atoms with Crippen LogP contribution in [0.15, 0.2) is 12.1 Å². The van der Waals surface area contributed by atoms with Crippen molar-refractivity contribution in [2.75, 3.05) is 0 Å². The highest BCUT2D eigenvalue weighted by Crippen LogP contribution is 2.39. The van der Waals surface area contributed by atoms with Crippen molar-refractivity contribution < 1.29 is 4.65 Å². The van der Waals surface area contributed by atoms with Crippen molar-refractivity contribution in [1.29, 1.82) is 0 Å². The van der Waals surface area contributed by atoms with Crippen LogP contribution in [0.25, 0.3) is 0 Å². The summed E-state index contributed by atoms with van der Waals surface area (Å²) >= 11 is 0. The lowest BCUT2D eigenvalue weighted by Gasteiger charge is -2.22. The van der Waals surface area contributed by atoms with Crippen LogP contribution >= 0.6 is 0 Å². The summed E-state index contributed by atoms with van der Waals surface area (Å²) in [5.41, 5.74) is 1.39. The molecular formula is C16H29BO. The molecule has 0 amide bonds. The molecule has 102 valence electrons. The average molecular weight is 248 g/mol. The fraction of sp³-hybridized carbons (Fsp3) is 0.875. The standard InChI is InChI=1S/C16H29BO/c1-3-4-5-6-9-14(2)17-15-10-7-12-16(18-17)13-8-11-15/h15-16H,2-13H2,1H3. The zero-order valence-electron chi connectivity index (χ0n) is 12.1. The van der Waals surface area contributed by atoms with Gasteiger partial charge in [-0.05, 0) is 25.1 Å². The molecule has 0 atom stereocenters. The zero-order chi connectivity index (χ0) is 12.8. The van der Waals surface area contributed by atoms with Crippen molar-refractivity contribution in [3.05, 3.63) is 12.1 Å². The Morgan fingerprint density at radius 1 is 1.11 bits per heavy atom. The number of hydrogen-bond acceptors (Lipinski definition) is 1. The molecule has 18 heavy (non-hydrogen) atoms. The Morgan fingerprint density at radius 3 is 2.50 bits per heavy atom. The maximum absolute atomic E-state index is 6.35. The topological polar surface area (TPSA) is 9.23 Å². The Kier molecular flexibility index (Phi) is 5.81. The van der Waals surface area contributed by atoms with Crippen LogP contribution in [0.1, 0.15) is 77.6 Å². The van der Waals surface area contributed by atoms with Crippen LogP contribution in [0, 0.1) is 0 Å². The van der Waals surface area contributed by atoms with E-state index in [9.17, 15) is 0 Å². The van der Waals surface area contributed by atoms with Crippen molar-refractivity contribution in [3.8, 4) is 0 Å². The van der Waals surface area contributed by atoms with E-state index in [1.165, 1.54) is 76.1 Å². The van der Waals surface area contributed by atoms with E-state index in [2.05, 4.69) is 13.5 Å². The van der Waals surface area contributed by atoms with Crippen LogP contribution in [-0.2, 0) is 4.65 Å². The van der Waals surface area contributed by atoms with Crippen LogP contribution in [0.2, 0.25) is 5.82 Å². The smallest absolute Gasteiger partial charge is 0.325 e. The van der Waals surface area contributed by atoms with Gasteiger partial charge < -0.3 is 4.65 Å². The number of unbranched alkanes of at least 4 members (excludes halogenated alkanes) is 3. The molecule has 0 aliphatic carbocycles. The van der Waals surface area contributed by atoms with Crippen LogP contribution in [0.4, 0.5) is 0 Å². The molecule has 2 bridgehead atoms. The van der Waals surface area contributed by atoms with Crippen LogP contribution < -0.4 is 0 Å². The van der Waals surface area contributed by atoms with Gasteiger partial charge in [-0.1, -0.05) is 63.8 Å². The molecule has 0 radical (unpaired) electrons. The summed E-state index contributed by atoms with van der Waals surface area (Å²) in [5.74, 6) is 0.774. The first-order chi connectivity index (χ1) is 8.81. The minimum Gasteiger partial charge on any atom is -0.428 e. The molecule has 0 saturated carbocycles. The molecule has 2 rings (SSSR count). The third-order valence-electron chi connectivity index (χ3n) is 4.72. The lowest BCUT2D eigenvalue weighted by atomic mass is 9.48. The molecule has 0 spiro atoms. The Morgan fingerprint density at radius 2 is 1.83 bits per heavy atom. The van der Waals surface area contributed by atoms with Gasteiger partial charge in [0.15, 0.2) is 0 Å². The van der Waals surface area contributed by atoms with E-state index in [1.807, 2.05) is 0 Å². The van der Waals surface area contributed by atoms with E-state index in [0.29, 0.717) is 13.0 Å². The summed E-state index contributed by atoms with van der Waals surface area (Å²) in [4.78, 5) is 0. The van der Waals surface area contributed by atoms with E-state index in [1.54, 1.807) is 0 Å². The number of hydrogen-bond donors (Lipinski definition) is 0. The van der Waals surface area contributed by atoms with Gasteiger partial charge in [-0.25, -0.2) is 0 Å². The van der Waals surface area contributed by atoms with Gasteiger partial charge in [-0.2, -0.15) is 0 Å². The number of fused-ring (bicyclic) bond motifs is 3. The molecule has 0 N–H and O–H groups in total. The van der Waals surface area contributed by atoms with Crippen LogP contribution in [0.3, 0.4) is 0 Å². The zero-order valence-corrected chi connectivity index (χ0v) is 12.1. The molecular weight excluding hydrogens is 219 g/mol. The molecule has 1 nitrogen and oxygen atoms in total. The predicted molar refractivity (Wildman–Crippen MR) is 80.0 cm³/mol. The molecule has 2 fully saturated rings. The summed E-state index contributed by atoms with van der Waals surface area (Å²) in [6.07, 6.45) is 15.1. The molecule has 0 aromatic rings. The van der Waals surface area contributed by atoms with E-state index < -0.39 is 0 Å². The second-order valence-corrected chi connectivity index (χ2v) is 6.27. The van der Waals surface area contributed by atoms with Crippen LogP contribution in [0.5, 0.6) is 0 Å². The van der Waals surface area contributed by atoms with Gasteiger partial charge in [0.05, 0.1) is 0 Å². The van der Waals surface area contributed by atoms with Gasteiger partial charge in [0, 0.05) is 6.10 Å². The van der Waals surface area contributed by atoms with E-state index in [4.69, 9.17) is 4.65 Å². The first-order valence-electron chi connectivity index (χ1n) is 8.14. The highest BCUT2D eigenvalue weighted by Gasteiger charge is 2.36. The highest BCUT2D eigenvalue weighted by molar-refractivity contribution is 6.62. The second-order valence-electron chi connectivity index (χ2n) is 6.27. The largest absolute Gasteiger partial charge is 0.428 e. The van der Waals surface area contributed by atoms with Gasteiger partial charge in [-0.15, -0.1) is 6.58 Å². The molecule has 0 aromatic heterocycles. The van der Waals surface area contributed by atoms with E-state index in [0.717, 1.165) is 5.82 Å². The Hall–Kier alpha value is -0.235. The SMILES string of the molecule is C=C(CCCCCC)B1OC2CCCC1CCC2. The van der Waals surface area contributed by atoms with Crippen molar-refractivity contribution in [2.45, 2.75) is 89.5 Å². The lowest BCUT2D eigenvalue weighted by Crippen LogP contribution is -2.28. The summed E-state index contributed by atoms with van der Waals surface area (Å²) in [7, 11) is 0. The van der Waals surface area contributed by atoms with Crippen molar-refractivity contribution >= 4 is 6.92 Å². The molecule has 0 aromatic carbocycles. The van der Waals surface area contributed by atoms with Crippen molar-refractivity contribution in [2.24, 2.45) is 0 Å². The Balaban J connectivity index is 1.84. The normalized spacial score (nSPS) is 27.9. The quantitative estimate of drug-likeness (QED) is 0.465. The summed E-state index contributed by atoms with van der Waals surface area (Å²) in [5, 5.41) is 0. The first-order valence-corrected chi connectivity index (χ1v) is 8.14. The Bertz CT molecular complexity index is 254. The minimum atomic E-state index is 0.390. The van der Waals surface area contributed by atoms with Crippen molar-refractivity contribution in [3.63, 3.8) is 0 Å². The molecule has 2 aliphatic rings. The predicted octanol–water partition coefficient (Wildman–Crippen LogP) is 5.17. The maximum atomic E-state index is 6.35. The third-order valence-corrected chi connectivity index (χ3v) is 4.72. The summed E-state index contributed by atoms with van der Waals surface area (Å²) in [6, 6.07) is 0. The maximum Gasteiger partial charge on any atom is 0.325 e. The van der Waals surface area contributed by atoms with Gasteiger partial charge in [0.1, 0.15) is 0 Å². The summed E-state index contributed by atoms with van der Waals surface area (Å²) < 4.78 is 6.35. The Labute approximate surface area is 113 Å². The highest BCUT2D eigenvalue weighted by atomic mass is 16.4. The fourth-order valence-electron chi connectivity index (χ4n) is 3.61. The monoisotopic (exact) mass is 248 g/mol. The third kappa shape index (κ3) is 3.88. The number of allylic oxidation sites excluding steroid dienone is 1. The molecule has 2 heteroatoms. The number of rotatable bonds is 6. The second kappa shape index (κ2) is 7.38. The van der Waals surface area contributed by atoms with Gasteiger partial charge in [0.2, 0.25) is 0 Å². The van der Waals surface area contributed by atoms with E-state index in [-0.39, 0.29) is 0 Å². The minimum absolute atomic E-state index is 0.390. The first kappa shape index (κ1) is 14.2. The van der Waals surface area contributed by atoms with Gasteiger partial charge >= 0.3 is 6.92 Å². The molecule has 0 unspecified atom stereocenters. The van der Waals surface area contributed by atoms with Crippen molar-refractivity contribution in [1.82, 2.24) is 0 Å². The molecule has 2 aliphatic heterocycles. The molecule has 2 heterocycles.